The summed E-state index contributed by atoms with van der Waals surface area (Å²) in [7, 11) is 4.11. The number of amidine groups is 2. The molecule has 12 nitrogen and oxygen atoms in total. The van der Waals surface area contributed by atoms with E-state index in [4.69, 9.17) is 29.5 Å². The summed E-state index contributed by atoms with van der Waals surface area (Å²) >= 11 is 0. The third-order valence-corrected chi connectivity index (χ3v) is 8.81. The molecule has 1 aromatic rings. The Morgan fingerprint density at radius 1 is 1.28 bits per heavy atom. The fourth-order valence-corrected chi connectivity index (χ4v) is 5.65. The first-order valence-electron chi connectivity index (χ1n) is 17.6. The van der Waals surface area contributed by atoms with Crippen LogP contribution in [0.3, 0.4) is 0 Å². The summed E-state index contributed by atoms with van der Waals surface area (Å²) in [5.41, 5.74) is 2.26. The number of nitrogens with zero attached hydrogens (tertiary/aromatic N) is 7. The van der Waals surface area contributed by atoms with Gasteiger partial charge in [-0.05, 0) is 91.0 Å². The molecule has 2 N–H and O–H groups in total. The average Bonchev–Trinajstić information content (AvgIpc) is 3.52. The molecule has 0 aliphatic carbocycles. The summed E-state index contributed by atoms with van der Waals surface area (Å²) in [6.45, 7) is 22.7. The average molecular weight is 693 g/mol. The highest BCUT2D eigenvalue weighted by molar-refractivity contribution is 6.03. The number of carbonyl (C=O) groups excluding carboxylic acids is 1. The van der Waals surface area contributed by atoms with Gasteiger partial charge in [-0.25, -0.2) is 9.98 Å². The van der Waals surface area contributed by atoms with Crippen molar-refractivity contribution < 1.29 is 19.4 Å². The number of aliphatic hydroxyl groups is 1. The molecule has 0 aromatic carbocycles. The molecule has 3 aliphatic heterocycles. The number of carbonyl (C=O) groups is 1. The summed E-state index contributed by atoms with van der Waals surface area (Å²) in [5.74, 6) is 3.24. The van der Waals surface area contributed by atoms with Crippen molar-refractivity contribution >= 4 is 30.5 Å². The van der Waals surface area contributed by atoms with Crippen LogP contribution in [0.4, 0.5) is 5.69 Å². The van der Waals surface area contributed by atoms with Crippen molar-refractivity contribution in [3.8, 4) is 0 Å². The highest BCUT2D eigenvalue weighted by Crippen LogP contribution is 2.41. The summed E-state index contributed by atoms with van der Waals surface area (Å²) in [4.78, 5) is 36.4. The van der Waals surface area contributed by atoms with E-state index in [1.807, 2.05) is 45.0 Å². The molecule has 2 fully saturated rings. The van der Waals surface area contributed by atoms with Crippen LogP contribution >= 0.6 is 0 Å². The largest absolute Gasteiger partial charge is 0.466 e. The highest BCUT2D eigenvalue weighted by Gasteiger charge is 2.45. The lowest BCUT2D eigenvalue weighted by molar-refractivity contribution is -0.129. The molecule has 12 heteroatoms. The third-order valence-electron chi connectivity index (χ3n) is 8.81. The number of pyridine rings is 1. The van der Waals surface area contributed by atoms with E-state index in [1.54, 1.807) is 6.20 Å². The molecule has 0 amide bonds. The van der Waals surface area contributed by atoms with E-state index in [0.717, 1.165) is 54.0 Å². The Hall–Kier alpha value is -3.87. The van der Waals surface area contributed by atoms with Gasteiger partial charge in [0.05, 0.1) is 30.1 Å². The van der Waals surface area contributed by atoms with Crippen molar-refractivity contribution in [1.82, 2.24) is 19.7 Å². The van der Waals surface area contributed by atoms with Gasteiger partial charge in [-0.3, -0.25) is 14.8 Å². The molecule has 0 bridgehead atoms. The van der Waals surface area contributed by atoms with E-state index >= 15 is 0 Å². The quantitative estimate of drug-likeness (QED) is 0.209. The monoisotopic (exact) mass is 692 g/mol. The molecule has 2 saturated heterocycles. The van der Waals surface area contributed by atoms with Crippen LogP contribution in [0, 0.1) is 11.3 Å². The van der Waals surface area contributed by atoms with Gasteiger partial charge in [-0.15, -0.1) is 0 Å². The van der Waals surface area contributed by atoms with Gasteiger partial charge in [0, 0.05) is 55.5 Å². The minimum absolute atomic E-state index is 0.0608. The van der Waals surface area contributed by atoms with E-state index < -0.39 is 5.41 Å². The van der Waals surface area contributed by atoms with Crippen molar-refractivity contribution in [3.63, 3.8) is 0 Å². The second kappa shape index (κ2) is 18.9. The molecular formula is C38H60N8O4. The number of aliphatic hydroxyl groups excluding tert-OH is 1. The van der Waals surface area contributed by atoms with Crippen LogP contribution in [-0.4, -0.2) is 122 Å². The van der Waals surface area contributed by atoms with E-state index in [9.17, 15) is 4.79 Å². The first-order chi connectivity index (χ1) is 23.7. The lowest BCUT2D eigenvalue weighted by atomic mass is 9.85. The van der Waals surface area contributed by atoms with Gasteiger partial charge >= 0.3 is 0 Å². The van der Waals surface area contributed by atoms with E-state index in [-0.39, 0.29) is 18.2 Å². The SMILES string of the molecule is C=N/C=C1\C(=N/CNc2ccc(C3CCN(C)C3)nc2)N(C2=CCC=CC(N(C)C(C)COC=O)=N2)C[C@@]1(C)COC(C)(C)C.CC(C)CO. The topological polar surface area (TPSA) is 127 Å². The van der Waals surface area contributed by atoms with Gasteiger partial charge < -0.3 is 34.6 Å². The van der Waals surface area contributed by atoms with Gasteiger partial charge in [-0.2, -0.15) is 0 Å². The number of hydrogen-bond donors (Lipinski definition) is 2. The zero-order chi connectivity index (χ0) is 36.9. The predicted octanol–water partition coefficient (Wildman–Crippen LogP) is 5.32. The summed E-state index contributed by atoms with van der Waals surface area (Å²) < 4.78 is 11.4. The van der Waals surface area contributed by atoms with Crippen molar-refractivity contribution in [2.24, 2.45) is 26.3 Å². The Labute approximate surface area is 299 Å². The molecule has 1 aromatic heterocycles. The second-order valence-electron chi connectivity index (χ2n) is 14.9. The minimum atomic E-state index is -0.418. The standard InChI is InChI=1S/C34H50N8O3.C4H10O/c1-25(20-44-24-43)41(8)30-11-9-10-12-31(39-30)42-21-34(5,22-45-33(2,3)4)28(18-35-6)32(42)38-23-37-27-13-14-29(36-17-27)26-15-16-40(7)19-26;1-4(2)3-5/h9,11-14,17-18,24-26,37H,6,10,15-16,19-23H2,1-5,7-8H3;4-5H,3H2,1-2H3/b28-18+,38-32+;/t25?,26?,34-;/m0./s1. The normalized spacial score (nSPS) is 23.3. The first kappa shape index (κ1) is 40.6. The molecule has 4 heterocycles. The summed E-state index contributed by atoms with van der Waals surface area (Å²) in [6, 6.07) is 4.14. The molecule has 3 aliphatic rings. The Balaban J connectivity index is 0.00000126. The van der Waals surface area contributed by atoms with Crippen LogP contribution in [0.5, 0.6) is 0 Å². The van der Waals surface area contributed by atoms with E-state index in [1.165, 1.54) is 0 Å². The number of rotatable bonds is 13. The number of aliphatic imine (C=N–C) groups is 3. The van der Waals surface area contributed by atoms with Crippen molar-refractivity contribution in [2.75, 3.05) is 65.5 Å². The number of ether oxygens (including phenoxy) is 2. The fourth-order valence-electron chi connectivity index (χ4n) is 5.65. The molecular weight excluding hydrogens is 632 g/mol. The maximum atomic E-state index is 10.8. The Morgan fingerprint density at radius 3 is 2.60 bits per heavy atom. The van der Waals surface area contributed by atoms with Gasteiger partial charge in [0.25, 0.3) is 6.47 Å². The van der Waals surface area contributed by atoms with Gasteiger partial charge in [0.1, 0.15) is 30.8 Å². The smallest absolute Gasteiger partial charge is 0.293 e. The zero-order valence-electron chi connectivity index (χ0n) is 31.7. The van der Waals surface area contributed by atoms with Crippen molar-refractivity contribution in [1.29, 1.82) is 0 Å². The number of aromatic nitrogens is 1. The zero-order valence-corrected chi connectivity index (χ0v) is 31.7. The minimum Gasteiger partial charge on any atom is -0.466 e. The van der Waals surface area contributed by atoms with Crippen LogP contribution in [0.1, 0.15) is 72.9 Å². The van der Waals surface area contributed by atoms with Gasteiger partial charge in [-0.1, -0.05) is 26.8 Å². The number of allylic oxidation sites excluding steroid dienone is 2. The third kappa shape index (κ3) is 11.9. The van der Waals surface area contributed by atoms with Crippen molar-refractivity contribution in [3.05, 3.63) is 59.8 Å². The lowest BCUT2D eigenvalue weighted by Crippen LogP contribution is -2.38. The fraction of sp³-hybridized carbons (Fsp3) is 0.605. The number of likely N-dealkylation sites (tertiary alicyclic amines) is 2. The molecule has 276 valence electrons. The molecule has 3 atom stereocenters. The van der Waals surface area contributed by atoms with Gasteiger partial charge in [0.15, 0.2) is 0 Å². The maximum Gasteiger partial charge on any atom is 0.293 e. The molecule has 0 saturated carbocycles. The number of anilines is 1. The van der Waals surface area contributed by atoms with Crippen LogP contribution in [-0.2, 0) is 14.3 Å². The number of hydrogen-bond acceptors (Lipinski definition) is 11. The Morgan fingerprint density at radius 2 is 2.02 bits per heavy atom. The second-order valence-corrected chi connectivity index (χ2v) is 14.9. The maximum absolute atomic E-state index is 10.8. The van der Waals surface area contributed by atoms with Gasteiger partial charge in [0.2, 0.25) is 0 Å². The molecule has 0 spiro atoms. The van der Waals surface area contributed by atoms with E-state index in [2.05, 4.69) is 85.9 Å². The molecule has 0 radical (unpaired) electrons. The Bertz CT molecular complexity index is 1410. The van der Waals surface area contributed by atoms with Crippen LogP contribution in [0.25, 0.3) is 0 Å². The lowest BCUT2D eigenvalue weighted by Gasteiger charge is -2.30. The summed E-state index contributed by atoms with van der Waals surface area (Å²) in [6.07, 6.45) is 11.7. The van der Waals surface area contributed by atoms with Crippen LogP contribution in [0.2, 0.25) is 0 Å². The molecule has 50 heavy (non-hydrogen) atoms. The van der Waals surface area contributed by atoms with Crippen LogP contribution in [0.15, 0.2) is 69.1 Å². The Kier molecular flexibility index (Phi) is 15.4. The molecule has 4 rings (SSSR count). The summed E-state index contributed by atoms with van der Waals surface area (Å²) in [5, 5.41) is 11.6. The van der Waals surface area contributed by atoms with Crippen LogP contribution < -0.4 is 5.32 Å². The first-order valence-corrected chi connectivity index (χ1v) is 17.6. The molecule has 2 unspecified atom stereocenters. The highest BCUT2D eigenvalue weighted by atomic mass is 16.5. The number of likely N-dealkylation sites (N-methyl/N-ethyl adjacent to an activating group) is 2. The number of nitrogens with one attached hydrogen (secondary N) is 1. The predicted molar refractivity (Wildman–Crippen MR) is 204 cm³/mol. The van der Waals surface area contributed by atoms with E-state index in [0.29, 0.717) is 51.2 Å². The van der Waals surface area contributed by atoms with Crippen molar-refractivity contribution in [2.45, 2.75) is 78.9 Å².